The Morgan fingerprint density at radius 1 is 1.30 bits per heavy atom. The maximum absolute atomic E-state index is 11.4. The molecule has 1 amide bonds. The van der Waals surface area contributed by atoms with Crippen LogP contribution in [0.15, 0.2) is 0 Å². The van der Waals surface area contributed by atoms with Gasteiger partial charge in [-0.1, -0.05) is 13.8 Å². The lowest BCUT2D eigenvalue weighted by Crippen LogP contribution is -2.68. The number of hydrogen-bond donors (Lipinski definition) is 4. The second kappa shape index (κ2) is 8.39. The van der Waals surface area contributed by atoms with Gasteiger partial charge in [-0.15, -0.1) is 0 Å². The molecule has 7 heteroatoms. The van der Waals surface area contributed by atoms with E-state index in [9.17, 15) is 20.1 Å². The fourth-order valence-corrected chi connectivity index (χ4v) is 2.75. The molecule has 1 fully saturated rings. The maximum atomic E-state index is 11.4. The van der Waals surface area contributed by atoms with E-state index in [2.05, 4.69) is 19.2 Å². The van der Waals surface area contributed by atoms with Crippen molar-refractivity contribution in [2.45, 2.75) is 77.1 Å². The number of aliphatic hydroxyl groups is 3. The molecule has 0 radical (unpaired) electrons. The average Bonchev–Trinajstić information content (AvgIpc) is 2.43. The molecule has 5 unspecified atom stereocenters. The van der Waals surface area contributed by atoms with Gasteiger partial charge in [-0.25, -0.2) is 0 Å². The minimum absolute atomic E-state index is 0.338. The predicted octanol–water partition coefficient (Wildman–Crippen LogP) is -0.186. The highest BCUT2D eigenvalue weighted by atomic mass is 16.6. The van der Waals surface area contributed by atoms with Gasteiger partial charge in [-0.2, -0.15) is 0 Å². The van der Waals surface area contributed by atoms with Gasteiger partial charge < -0.3 is 30.1 Å². The van der Waals surface area contributed by atoms with Crippen LogP contribution in [0.4, 0.5) is 0 Å². The van der Waals surface area contributed by atoms with E-state index in [0.29, 0.717) is 12.5 Å². The van der Waals surface area contributed by atoms with Crippen LogP contribution in [0.3, 0.4) is 0 Å². The summed E-state index contributed by atoms with van der Waals surface area (Å²) >= 11 is 0. The van der Waals surface area contributed by atoms with Crippen LogP contribution >= 0.6 is 0 Å². The van der Waals surface area contributed by atoms with Gasteiger partial charge in [0.15, 0.2) is 0 Å². The Bertz CT molecular complexity index is 387. The van der Waals surface area contributed by atoms with Gasteiger partial charge in [0.2, 0.25) is 5.91 Å². The highest BCUT2D eigenvalue weighted by Crippen LogP contribution is 2.30. The zero-order valence-electron chi connectivity index (χ0n) is 14.7. The zero-order valence-corrected chi connectivity index (χ0v) is 14.7. The number of aliphatic hydroxyl groups excluding tert-OH is 3. The molecular weight excluding hydrogens is 302 g/mol. The molecule has 0 aromatic rings. The minimum Gasteiger partial charge on any atom is -0.394 e. The third-order valence-electron chi connectivity index (χ3n) is 4.15. The van der Waals surface area contributed by atoms with Crippen LogP contribution in [-0.2, 0) is 14.3 Å². The van der Waals surface area contributed by atoms with E-state index in [0.717, 1.165) is 6.42 Å². The Morgan fingerprint density at radius 3 is 2.39 bits per heavy atom. The molecule has 1 saturated heterocycles. The quantitative estimate of drug-likeness (QED) is 0.514. The van der Waals surface area contributed by atoms with Crippen LogP contribution < -0.4 is 5.32 Å². The van der Waals surface area contributed by atoms with E-state index in [1.807, 2.05) is 13.8 Å². The lowest BCUT2D eigenvalue weighted by atomic mass is 9.84. The van der Waals surface area contributed by atoms with Crippen molar-refractivity contribution in [2.75, 3.05) is 13.2 Å². The zero-order chi connectivity index (χ0) is 17.8. The number of ether oxygens (including phenoxy) is 2. The monoisotopic (exact) mass is 333 g/mol. The van der Waals surface area contributed by atoms with E-state index in [1.54, 1.807) is 0 Å². The third kappa shape index (κ3) is 5.39. The molecule has 0 aliphatic carbocycles. The number of hydrogen-bond acceptors (Lipinski definition) is 6. The van der Waals surface area contributed by atoms with Gasteiger partial charge in [0, 0.05) is 13.5 Å². The summed E-state index contributed by atoms with van der Waals surface area (Å²) < 4.78 is 11.7. The van der Waals surface area contributed by atoms with E-state index in [-0.39, 0.29) is 5.91 Å². The summed E-state index contributed by atoms with van der Waals surface area (Å²) in [6, 6.07) is -0.820. The average molecular weight is 333 g/mol. The van der Waals surface area contributed by atoms with Crippen molar-refractivity contribution in [1.82, 2.24) is 5.32 Å². The summed E-state index contributed by atoms with van der Waals surface area (Å²) in [5.74, 6) is 0.150. The molecule has 1 rings (SSSR count). The number of rotatable bonds is 7. The fraction of sp³-hybridized carbons (Fsp3) is 0.938. The van der Waals surface area contributed by atoms with Crippen LogP contribution in [0.2, 0.25) is 0 Å². The van der Waals surface area contributed by atoms with Crippen LogP contribution in [0.25, 0.3) is 0 Å². The molecule has 1 heterocycles. The molecule has 136 valence electrons. The van der Waals surface area contributed by atoms with Crippen molar-refractivity contribution >= 4 is 5.91 Å². The SMILES string of the molecule is CC(=O)NC1C(O)C(O)C(CO)OC1C(C)(C)OCCC(C)C. The molecule has 0 bridgehead atoms. The van der Waals surface area contributed by atoms with Crippen molar-refractivity contribution in [3.8, 4) is 0 Å². The molecule has 7 nitrogen and oxygen atoms in total. The van der Waals surface area contributed by atoms with Crippen LogP contribution in [0.1, 0.15) is 41.0 Å². The van der Waals surface area contributed by atoms with Crippen molar-refractivity contribution in [3.05, 3.63) is 0 Å². The maximum Gasteiger partial charge on any atom is 0.217 e. The first-order valence-electron chi connectivity index (χ1n) is 8.13. The molecule has 4 N–H and O–H groups in total. The largest absolute Gasteiger partial charge is 0.394 e. The van der Waals surface area contributed by atoms with Crippen LogP contribution in [0.5, 0.6) is 0 Å². The Labute approximate surface area is 138 Å². The smallest absolute Gasteiger partial charge is 0.217 e. The fourth-order valence-electron chi connectivity index (χ4n) is 2.75. The van der Waals surface area contributed by atoms with E-state index >= 15 is 0 Å². The summed E-state index contributed by atoms with van der Waals surface area (Å²) in [5, 5.41) is 32.3. The van der Waals surface area contributed by atoms with E-state index in [4.69, 9.17) is 9.47 Å². The van der Waals surface area contributed by atoms with Gasteiger partial charge in [-0.05, 0) is 26.2 Å². The molecule has 5 atom stereocenters. The molecule has 0 spiro atoms. The van der Waals surface area contributed by atoms with Gasteiger partial charge in [-0.3, -0.25) is 4.79 Å². The van der Waals surface area contributed by atoms with Gasteiger partial charge in [0.25, 0.3) is 0 Å². The minimum atomic E-state index is -1.28. The van der Waals surface area contributed by atoms with Crippen molar-refractivity contribution < 1.29 is 29.6 Å². The summed E-state index contributed by atoms with van der Waals surface area (Å²) in [4.78, 5) is 11.4. The Morgan fingerprint density at radius 2 is 1.91 bits per heavy atom. The van der Waals surface area contributed by atoms with Crippen LogP contribution in [0, 0.1) is 5.92 Å². The normalized spacial score (nSPS) is 32.1. The highest BCUT2D eigenvalue weighted by Gasteiger charge is 2.50. The number of carbonyl (C=O) groups is 1. The Kier molecular flexibility index (Phi) is 7.41. The first-order valence-corrected chi connectivity index (χ1v) is 8.13. The summed E-state index contributed by atoms with van der Waals surface area (Å²) in [5.41, 5.74) is -0.809. The number of nitrogens with one attached hydrogen (secondary N) is 1. The molecule has 0 aromatic carbocycles. The number of amides is 1. The van der Waals surface area contributed by atoms with Gasteiger partial charge in [0.1, 0.15) is 24.4 Å². The first kappa shape index (κ1) is 20.3. The summed E-state index contributed by atoms with van der Waals surface area (Å²) in [7, 11) is 0. The van der Waals surface area contributed by atoms with Gasteiger partial charge >= 0.3 is 0 Å². The topological polar surface area (TPSA) is 108 Å². The second-order valence-corrected chi connectivity index (χ2v) is 7.12. The van der Waals surface area contributed by atoms with Crippen LogP contribution in [-0.4, -0.2) is 70.5 Å². The lowest BCUT2D eigenvalue weighted by Gasteiger charge is -2.48. The molecule has 1 aliphatic rings. The van der Waals surface area contributed by atoms with Crippen molar-refractivity contribution in [3.63, 3.8) is 0 Å². The molecule has 0 aromatic heterocycles. The first-order chi connectivity index (χ1) is 10.6. The standard InChI is InChI=1S/C16H31NO6/c1-9(2)6-7-22-16(4,5)15-12(17-10(3)19)14(21)13(20)11(8-18)23-15/h9,11-15,18,20-21H,6-8H2,1-5H3,(H,17,19). The third-order valence-corrected chi connectivity index (χ3v) is 4.15. The van der Waals surface area contributed by atoms with Gasteiger partial charge in [0.05, 0.1) is 18.2 Å². The Balaban J connectivity index is 2.92. The second-order valence-electron chi connectivity index (χ2n) is 7.12. The van der Waals surface area contributed by atoms with E-state index in [1.165, 1.54) is 6.92 Å². The molecule has 0 saturated carbocycles. The Hall–Kier alpha value is -0.730. The lowest BCUT2D eigenvalue weighted by molar-refractivity contribution is -0.242. The summed E-state index contributed by atoms with van der Waals surface area (Å²) in [6.45, 7) is 9.23. The number of carbonyl (C=O) groups excluding carboxylic acids is 1. The highest BCUT2D eigenvalue weighted by molar-refractivity contribution is 5.73. The molecular formula is C16H31NO6. The predicted molar refractivity (Wildman–Crippen MR) is 84.9 cm³/mol. The molecule has 23 heavy (non-hydrogen) atoms. The van der Waals surface area contributed by atoms with Crippen molar-refractivity contribution in [1.29, 1.82) is 0 Å². The molecule has 1 aliphatic heterocycles. The van der Waals surface area contributed by atoms with E-state index < -0.39 is 42.7 Å². The van der Waals surface area contributed by atoms with Crippen molar-refractivity contribution in [2.24, 2.45) is 5.92 Å². The summed E-state index contributed by atoms with van der Waals surface area (Å²) in [6.07, 6.45) is -3.28.